The van der Waals surface area contributed by atoms with Crippen molar-refractivity contribution in [3.8, 4) is 0 Å². The minimum Gasteiger partial charge on any atom is -0.319 e. The third kappa shape index (κ3) is 1.85. The summed E-state index contributed by atoms with van der Waals surface area (Å²) in [5.74, 6) is 0. The second kappa shape index (κ2) is 4.17. The number of hydrogen-bond acceptors (Lipinski definition) is 2. The van der Waals surface area contributed by atoms with Crippen molar-refractivity contribution in [3.05, 3.63) is 41.7 Å². The van der Waals surface area contributed by atoms with Gasteiger partial charge in [-0.2, -0.15) is 0 Å². The Balaban J connectivity index is 2.06. The minimum absolute atomic E-state index is 0.443. The molecule has 1 saturated heterocycles. The molecule has 90 valence electrons. The number of aryl methyl sites for hydroxylation is 1. The molecule has 3 rings (SSSR count). The molecule has 1 aliphatic heterocycles. The van der Waals surface area contributed by atoms with Gasteiger partial charge in [0, 0.05) is 37.0 Å². The van der Waals surface area contributed by atoms with Crippen molar-refractivity contribution in [3.63, 3.8) is 0 Å². The summed E-state index contributed by atoms with van der Waals surface area (Å²) in [6.07, 6.45) is 2.16. The number of piperazine rings is 1. The third-order valence-electron chi connectivity index (χ3n) is 3.63. The Hall–Kier alpha value is -1.32. The molecular formula is C14H19N3. The molecule has 1 atom stereocenters. The van der Waals surface area contributed by atoms with Crippen LogP contribution in [0, 0.1) is 6.92 Å². The van der Waals surface area contributed by atoms with Crippen LogP contribution < -0.4 is 5.32 Å². The molecule has 0 spiro atoms. The van der Waals surface area contributed by atoms with Gasteiger partial charge in [-0.1, -0.05) is 6.07 Å². The average molecular weight is 229 g/mol. The van der Waals surface area contributed by atoms with Crippen LogP contribution in [0.4, 0.5) is 0 Å². The second-order valence-electron chi connectivity index (χ2n) is 4.98. The Morgan fingerprint density at radius 2 is 2.24 bits per heavy atom. The lowest BCUT2D eigenvalue weighted by Gasteiger charge is -2.31. The van der Waals surface area contributed by atoms with E-state index in [4.69, 9.17) is 0 Å². The molecule has 1 unspecified atom stereocenters. The minimum atomic E-state index is 0.443. The maximum absolute atomic E-state index is 3.62. The zero-order chi connectivity index (χ0) is 11.8. The molecule has 2 aromatic heterocycles. The lowest BCUT2D eigenvalue weighted by Crippen LogP contribution is -2.44. The summed E-state index contributed by atoms with van der Waals surface area (Å²) in [5, 5.41) is 3.62. The Labute approximate surface area is 102 Å². The molecule has 0 aliphatic carbocycles. The highest BCUT2D eigenvalue weighted by Crippen LogP contribution is 2.24. The van der Waals surface area contributed by atoms with Crippen LogP contribution in [0.1, 0.15) is 17.3 Å². The highest BCUT2D eigenvalue weighted by molar-refractivity contribution is 5.53. The first-order valence-corrected chi connectivity index (χ1v) is 6.24. The smallest absolute Gasteiger partial charge is 0.0610 e. The first kappa shape index (κ1) is 10.8. The van der Waals surface area contributed by atoms with Gasteiger partial charge in [-0.05, 0) is 37.7 Å². The van der Waals surface area contributed by atoms with Crippen molar-refractivity contribution in [1.82, 2.24) is 14.6 Å². The predicted molar refractivity (Wildman–Crippen MR) is 70.4 cm³/mol. The fraction of sp³-hybridized carbons (Fsp3) is 0.429. The van der Waals surface area contributed by atoms with Gasteiger partial charge in [0.05, 0.1) is 6.04 Å². The van der Waals surface area contributed by atoms with Gasteiger partial charge >= 0.3 is 0 Å². The number of likely N-dealkylation sites (N-methyl/N-ethyl adjacent to an activating group) is 1. The first-order chi connectivity index (χ1) is 8.25. The van der Waals surface area contributed by atoms with Crippen LogP contribution in [0.2, 0.25) is 0 Å². The molecular weight excluding hydrogens is 210 g/mol. The van der Waals surface area contributed by atoms with Crippen molar-refractivity contribution in [2.75, 3.05) is 26.7 Å². The standard InChI is InChI=1S/C14H19N3/c1-11-9-12-5-3-4-7-17(12)14(11)13-10-16(2)8-6-15-13/h3-5,7,9,13,15H,6,8,10H2,1-2H3. The molecule has 3 nitrogen and oxygen atoms in total. The van der Waals surface area contributed by atoms with Crippen LogP contribution in [-0.4, -0.2) is 36.0 Å². The van der Waals surface area contributed by atoms with Crippen LogP contribution in [0.5, 0.6) is 0 Å². The fourth-order valence-electron chi connectivity index (χ4n) is 2.80. The van der Waals surface area contributed by atoms with E-state index < -0.39 is 0 Å². The van der Waals surface area contributed by atoms with E-state index in [1.54, 1.807) is 0 Å². The third-order valence-corrected chi connectivity index (χ3v) is 3.63. The van der Waals surface area contributed by atoms with E-state index in [0.29, 0.717) is 6.04 Å². The summed E-state index contributed by atoms with van der Waals surface area (Å²) < 4.78 is 2.31. The molecule has 0 aromatic carbocycles. The molecule has 0 bridgehead atoms. The molecule has 3 heterocycles. The van der Waals surface area contributed by atoms with Gasteiger partial charge in [0.25, 0.3) is 0 Å². The maximum atomic E-state index is 3.62. The van der Waals surface area contributed by atoms with Crippen LogP contribution in [-0.2, 0) is 0 Å². The van der Waals surface area contributed by atoms with Crippen LogP contribution in [0.15, 0.2) is 30.5 Å². The normalized spacial score (nSPS) is 22.1. The second-order valence-corrected chi connectivity index (χ2v) is 4.98. The van der Waals surface area contributed by atoms with Crippen LogP contribution in [0.25, 0.3) is 5.52 Å². The molecule has 1 N–H and O–H groups in total. The van der Waals surface area contributed by atoms with Crippen molar-refractivity contribution in [2.45, 2.75) is 13.0 Å². The summed E-state index contributed by atoms with van der Waals surface area (Å²) in [6, 6.07) is 9.08. The predicted octanol–water partition coefficient (Wildman–Crippen LogP) is 1.82. The van der Waals surface area contributed by atoms with Crippen LogP contribution in [0.3, 0.4) is 0 Å². The molecule has 17 heavy (non-hydrogen) atoms. The summed E-state index contributed by atoms with van der Waals surface area (Å²) in [7, 11) is 2.19. The number of rotatable bonds is 1. The number of nitrogens with zero attached hydrogens (tertiary/aromatic N) is 2. The van der Waals surface area contributed by atoms with Gasteiger partial charge in [0.2, 0.25) is 0 Å². The van der Waals surface area contributed by atoms with Gasteiger partial charge < -0.3 is 14.6 Å². The van der Waals surface area contributed by atoms with E-state index in [1.165, 1.54) is 16.8 Å². The molecule has 0 saturated carbocycles. The van der Waals surface area contributed by atoms with Crippen molar-refractivity contribution in [1.29, 1.82) is 0 Å². The maximum Gasteiger partial charge on any atom is 0.0610 e. The molecule has 0 radical (unpaired) electrons. The molecule has 0 amide bonds. The number of nitrogens with one attached hydrogen (secondary N) is 1. The summed E-state index contributed by atoms with van der Waals surface area (Å²) in [4.78, 5) is 2.39. The monoisotopic (exact) mass is 229 g/mol. The Bertz CT molecular complexity index is 529. The van der Waals surface area contributed by atoms with E-state index in [1.807, 2.05) is 0 Å². The van der Waals surface area contributed by atoms with E-state index in [0.717, 1.165) is 19.6 Å². The number of pyridine rings is 1. The van der Waals surface area contributed by atoms with Gasteiger partial charge in [-0.3, -0.25) is 0 Å². The Kier molecular flexibility index (Phi) is 2.65. The van der Waals surface area contributed by atoms with Crippen molar-refractivity contribution < 1.29 is 0 Å². The van der Waals surface area contributed by atoms with Crippen LogP contribution >= 0.6 is 0 Å². The average Bonchev–Trinajstić information content (AvgIpc) is 2.64. The van der Waals surface area contributed by atoms with E-state index in [-0.39, 0.29) is 0 Å². The number of aromatic nitrogens is 1. The summed E-state index contributed by atoms with van der Waals surface area (Å²) in [5.41, 5.74) is 4.08. The van der Waals surface area contributed by atoms with Gasteiger partial charge in [0.1, 0.15) is 0 Å². The number of hydrogen-bond donors (Lipinski definition) is 1. The van der Waals surface area contributed by atoms with Crippen molar-refractivity contribution >= 4 is 5.52 Å². The first-order valence-electron chi connectivity index (χ1n) is 6.24. The molecule has 2 aromatic rings. The largest absolute Gasteiger partial charge is 0.319 e. The zero-order valence-corrected chi connectivity index (χ0v) is 10.5. The SMILES string of the molecule is Cc1cc2ccccn2c1C1CN(C)CCN1. The highest BCUT2D eigenvalue weighted by atomic mass is 15.2. The number of fused-ring (bicyclic) bond motifs is 1. The Morgan fingerprint density at radius 3 is 3.06 bits per heavy atom. The van der Waals surface area contributed by atoms with E-state index in [2.05, 4.69) is 59.1 Å². The lowest BCUT2D eigenvalue weighted by atomic mass is 10.1. The van der Waals surface area contributed by atoms with Gasteiger partial charge in [0.15, 0.2) is 0 Å². The Morgan fingerprint density at radius 1 is 1.35 bits per heavy atom. The molecule has 3 heteroatoms. The fourth-order valence-corrected chi connectivity index (χ4v) is 2.80. The highest BCUT2D eigenvalue weighted by Gasteiger charge is 2.22. The van der Waals surface area contributed by atoms with Gasteiger partial charge in [-0.15, -0.1) is 0 Å². The van der Waals surface area contributed by atoms with E-state index >= 15 is 0 Å². The topological polar surface area (TPSA) is 19.7 Å². The van der Waals surface area contributed by atoms with Gasteiger partial charge in [-0.25, -0.2) is 0 Å². The molecule has 1 fully saturated rings. The summed E-state index contributed by atoms with van der Waals surface area (Å²) in [6.45, 7) is 5.50. The van der Waals surface area contributed by atoms with E-state index in [9.17, 15) is 0 Å². The van der Waals surface area contributed by atoms with Crippen molar-refractivity contribution in [2.24, 2.45) is 0 Å². The lowest BCUT2D eigenvalue weighted by molar-refractivity contribution is 0.237. The summed E-state index contributed by atoms with van der Waals surface area (Å²) >= 11 is 0. The quantitative estimate of drug-likeness (QED) is 0.804. The molecule has 1 aliphatic rings. The zero-order valence-electron chi connectivity index (χ0n) is 10.5.